The minimum absolute atomic E-state index is 0.324. The maximum atomic E-state index is 13.1. The molecule has 2 aromatic rings. The average molecular weight is 347 g/mol. The van der Waals surface area contributed by atoms with E-state index in [0.29, 0.717) is 17.0 Å². The first-order valence-electron chi connectivity index (χ1n) is 5.62. The number of hydrogen-bond donors (Lipinski definition) is 1. The van der Waals surface area contributed by atoms with Crippen LogP contribution in [0.15, 0.2) is 40.9 Å². The van der Waals surface area contributed by atoms with Crippen molar-refractivity contribution in [3.63, 3.8) is 0 Å². The molecule has 0 aliphatic rings. The van der Waals surface area contributed by atoms with Gasteiger partial charge in [-0.2, -0.15) is 0 Å². The van der Waals surface area contributed by atoms with E-state index >= 15 is 0 Å². The summed E-state index contributed by atoms with van der Waals surface area (Å²) in [7, 11) is 0. The Morgan fingerprint density at radius 1 is 1.11 bits per heavy atom. The van der Waals surface area contributed by atoms with Crippen LogP contribution in [0.25, 0.3) is 0 Å². The molecule has 5 heteroatoms. The third-order valence-corrected chi connectivity index (χ3v) is 4.04. The summed E-state index contributed by atoms with van der Waals surface area (Å²) in [6, 6.07) is 8.88. The van der Waals surface area contributed by atoms with Crippen LogP contribution in [0, 0.1) is 11.6 Å². The van der Waals surface area contributed by atoms with Crippen molar-refractivity contribution in [2.75, 3.05) is 0 Å². The topological polar surface area (TPSA) is 26.0 Å². The fourth-order valence-electron chi connectivity index (χ4n) is 1.78. The Bertz CT molecular complexity index is 604. The van der Waals surface area contributed by atoms with Gasteiger partial charge in [-0.15, -0.1) is 0 Å². The first kappa shape index (κ1) is 14.4. The van der Waals surface area contributed by atoms with E-state index in [4.69, 9.17) is 17.3 Å². The van der Waals surface area contributed by atoms with E-state index in [1.807, 2.05) is 12.1 Å². The molecule has 0 aliphatic carbocycles. The normalized spacial score (nSPS) is 12.5. The summed E-state index contributed by atoms with van der Waals surface area (Å²) in [5.74, 6) is -1.72. The Balaban J connectivity index is 2.17. The Labute approximate surface area is 123 Å². The van der Waals surface area contributed by atoms with Gasteiger partial charge in [0.05, 0.1) is 5.02 Å². The monoisotopic (exact) mass is 345 g/mol. The second-order valence-corrected chi connectivity index (χ2v) is 5.49. The minimum Gasteiger partial charge on any atom is -0.324 e. The number of hydrogen-bond acceptors (Lipinski definition) is 1. The summed E-state index contributed by atoms with van der Waals surface area (Å²) in [4.78, 5) is 0. The van der Waals surface area contributed by atoms with E-state index < -0.39 is 11.6 Å². The van der Waals surface area contributed by atoms with E-state index in [0.717, 1.165) is 22.2 Å². The molecule has 2 rings (SSSR count). The van der Waals surface area contributed by atoms with Crippen molar-refractivity contribution in [2.24, 2.45) is 5.73 Å². The fourth-order valence-corrected chi connectivity index (χ4v) is 2.22. The molecule has 0 saturated carbocycles. The second kappa shape index (κ2) is 5.99. The third kappa shape index (κ3) is 3.53. The quantitative estimate of drug-likeness (QED) is 0.862. The Hall–Kier alpha value is -0.970. The lowest BCUT2D eigenvalue weighted by atomic mass is 10.00. The first-order valence-corrected chi connectivity index (χ1v) is 6.79. The third-order valence-electron chi connectivity index (χ3n) is 2.81. The van der Waals surface area contributed by atoms with Crippen LogP contribution in [-0.2, 0) is 6.42 Å². The smallest absolute Gasteiger partial charge is 0.159 e. The van der Waals surface area contributed by atoms with E-state index in [9.17, 15) is 8.78 Å². The van der Waals surface area contributed by atoms with Gasteiger partial charge in [0.1, 0.15) is 0 Å². The average Bonchev–Trinajstić information content (AvgIpc) is 2.37. The molecule has 2 aromatic carbocycles. The molecule has 0 heterocycles. The zero-order valence-electron chi connectivity index (χ0n) is 9.84. The molecule has 2 N–H and O–H groups in total. The fraction of sp³-hybridized carbons (Fsp3) is 0.143. The molecular formula is C14H11BrClF2N. The molecule has 0 bridgehead atoms. The lowest BCUT2D eigenvalue weighted by molar-refractivity contribution is 0.506. The lowest BCUT2D eigenvalue weighted by Gasteiger charge is -2.13. The zero-order chi connectivity index (χ0) is 14.0. The van der Waals surface area contributed by atoms with Gasteiger partial charge in [0.2, 0.25) is 0 Å². The van der Waals surface area contributed by atoms with Crippen molar-refractivity contribution in [1.29, 1.82) is 0 Å². The van der Waals surface area contributed by atoms with Crippen LogP contribution >= 0.6 is 27.5 Å². The van der Waals surface area contributed by atoms with Crippen molar-refractivity contribution >= 4 is 27.5 Å². The van der Waals surface area contributed by atoms with Gasteiger partial charge in [0.25, 0.3) is 0 Å². The van der Waals surface area contributed by atoms with Crippen molar-refractivity contribution in [1.82, 2.24) is 0 Å². The molecule has 0 radical (unpaired) electrons. The SMILES string of the molecule is NC(Cc1ccc(F)c(F)c1)c1ccc(Br)c(Cl)c1. The van der Waals surface area contributed by atoms with Gasteiger partial charge in [-0.3, -0.25) is 0 Å². The van der Waals surface area contributed by atoms with Crippen LogP contribution in [0.1, 0.15) is 17.2 Å². The molecule has 1 atom stereocenters. The highest BCUT2D eigenvalue weighted by molar-refractivity contribution is 9.10. The maximum absolute atomic E-state index is 13.1. The molecule has 0 spiro atoms. The highest BCUT2D eigenvalue weighted by Gasteiger charge is 2.11. The van der Waals surface area contributed by atoms with Gasteiger partial charge in [-0.25, -0.2) is 8.78 Å². The van der Waals surface area contributed by atoms with E-state index in [1.165, 1.54) is 6.07 Å². The molecule has 0 saturated heterocycles. The molecule has 0 aromatic heterocycles. The summed E-state index contributed by atoms with van der Waals surface area (Å²) in [6.45, 7) is 0. The van der Waals surface area contributed by atoms with Gasteiger partial charge >= 0.3 is 0 Å². The van der Waals surface area contributed by atoms with Gasteiger partial charge in [0.15, 0.2) is 11.6 Å². The number of nitrogens with two attached hydrogens (primary N) is 1. The van der Waals surface area contributed by atoms with Crippen molar-refractivity contribution in [3.05, 3.63) is 68.7 Å². The van der Waals surface area contributed by atoms with Crippen LogP contribution in [0.5, 0.6) is 0 Å². The molecule has 1 unspecified atom stereocenters. The van der Waals surface area contributed by atoms with E-state index in [1.54, 1.807) is 6.07 Å². The first-order chi connectivity index (χ1) is 8.97. The van der Waals surface area contributed by atoms with Gasteiger partial charge in [-0.05, 0) is 57.7 Å². The van der Waals surface area contributed by atoms with Gasteiger partial charge in [0, 0.05) is 10.5 Å². The molecule has 19 heavy (non-hydrogen) atoms. The molecule has 0 amide bonds. The van der Waals surface area contributed by atoms with Crippen molar-refractivity contribution < 1.29 is 8.78 Å². The van der Waals surface area contributed by atoms with Crippen LogP contribution in [0.3, 0.4) is 0 Å². The summed E-state index contributed by atoms with van der Waals surface area (Å²) in [5.41, 5.74) is 7.53. The second-order valence-electron chi connectivity index (χ2n) is 4.23. The van der Waals surface area contributed by atoms with Crippen LogP contribution in [0.2, 0.25) is 5.02 Å². The summed E-state index contributed by atoms with van der Waals surface area (Å²) in [6.07, 6.45) is 0.412. The Kier molecular flexibility index (Phi) is 4.55. The Morgan fingerprint density at radius 3 is 2.47 bits per heavy atom. The molecular weight excluding hydrogens is 336 g/mol. The van der Waals surface area contributed by atoms with E-state index in [-0.39, 0.29) is 6.04 Å². The standard InChI is InChI=1S/C14H11BrClF2N/c15-10-3-2-9(7-11(10)16)14(19)6-8-1-4-12(17)13(18)5-8/h1-5,7,14H,6,19H2. The minimum atomic E-state index is -0.862. The van der Waals surface area contributed by atoms with Crippen molar-refractivity contribution in [2.45, 2.75) is 12.5 Å². The maximum Gasteiger partial charge on any atom is 0.159 e. The molecule has 0 aliphatic heterocycles. The zero-order valence-corrected chi connectivity index (χ0v) is 12.2. The van der Waals surface area contributed by atoms with Gasteiger partial charge in [-0.1, -0.05) is 23.7 Å². The van der Waals surface area contributed by atoms with Crippen LogP contribution < -0.4 is 5.73 Å². The summed E-state index contributed by atoms with van der Waals surface area (Å²) >= 11 is 9.29. The number of halogens is 4. The van der Waals surface area contributed by atoms with Crippen LogP contribution in [-0.4, -0.2) is 0 Å². The van der Waals surface area contributed by atoms with E-state index in [2.05, 4.69) is 15.9 Å². The molecule has 1 nitrogen and oxygen atoms in total. The summed E-state index contributed by atoms with van der Waals surface area (Å²) in [5, 5.41) is 0.568. The summed E-state index contributed by atoms with van der Waals surface area (Å²) < 4.78 is 26.7. The lowest BCUT2D eigenvalue weighted by Crippen LogP contribution is -2.13. The largest absolute Gasteiger partial charge is 0.324 e. The predicted molar refractivity (Wildman–Crippen MR) is 76.1 cm³/mol. The van der Waals surface area contributed by atoms with Crippen molar-refractivity contribution in [3.8, 4) is 0 Å². The highest BCUT2D eigenvalue weighted by Crippen LogP contribution is 2.26. The number of benzene rings is 2. The predicted octanol–water partition coefficient (Wildman–Crippen LogP) is 4.62. The van der Waals surface area contributed by atoms with Crippen LogP contribution in [0.4, 0.5) is 8.78 Å². The Morgan fingerprint density at radius 2 is 1.84 bits per heavy atom. The molecule has 100 valence electrons. The highest BCUT2D eigenvalue weighted by atomic mass is 79.9. The molecule has 0 fully saturated rings. The number of rotatable bonds is 3. The van der Waals surface area contributed by atoms with Gasteiger partial charge < -0.3 is 5.73 Å².